The van der Waals surface area contributed by atoms with E-state index in [1.54, 1.807) is 12.1 Å². The van der Waals surface area contributed by atoms with Crippen molar-refractivity contribution in [1.29, 1.82) is 0 Å². The largest absolute Gasteiger partial charge is 0.289 e. The maximum absolute atomic E-state index is 13.1. The highest BCUT2D eigenvalue weighted by atomic mass is 127. The molecule has 0 aliphatic carbocycles. The maximum Gasteiger partial charge on any atom is 0.194 e. The molecule has 0 N–H and O–H groups in total. The van der Waals surface area contributed by atoms with E-state index in [4.69, 9.17) is 0 Å². The molecule has 0 aliphatic rings. The van der Waals surface area contributed by atoms with Crippen LogP contribution in [-0.4, -0.2) is 5.78 Å². The van der Waals surface area contributed by atoms with Crippen molar-refractivity contribution in [3.8, 4) is 0 Å². The van der Waals surface area contributed by atoms with Crippen molar-refractivity contribution in [1.82, 2.24) is 0 Å². The van der Waals surface area contributed by atoms with Gasteiger partial charge in [0.1, 0.15) is 5.82 Å². The number of carbonyl (C=O) groups is 1. The smallest absolute Gasteiger partial charge is 0.194 e. The van der Waals surface area contributed by atoms with Crippen LogP contribution in [0.25, 0.3) is 0 Å². The van der Waals surface area contributed by atoms with E-state index in [1.807, 2.05) is 12.1 Å². The number of hydrogen-bond donors (Lipinski definition) is 0. The third-order valence-electron chi connectivity index (χ3n) is 2.26. The van der Waals surface area contributed by atoms with Crippen molar-refractivity contribution in [3.63, 3.8) is 0 Å². The number of halogens is 3. The van der Waals surface area contributed by atoms with Gasteiger partial charge in [0.05, 0.1) is 0 Å². The predicted molar refractivity (Wildman–Crippen MR) is 76.7 cm³/mol. The van der Waals surface area contributed by atoms with Crippen molar-refractivity contribution < 1.29 is 9.18 Å². The lowest BCUT2D eigenvalue weighted by molar-refractivity contribution is 0.103. The summed E-state index contributed by atoms with van der Waals surface area (Å²) in [5.41, 5.74) is 0.937. The second-order valence-electron chi connectivity index (χ2n) is 3.46. The minimum atomic E-state index is -0.402. The maximum atomic E-state index is 13.1. The van der Waals surface area contributed by atoms with Gasteiger partial charge in [0.25, 0.3) is 0 Å². The van der Waals surface area contributed by atoms with Gasteiger partial charge in [-0.15, -0.1) is 0 Å². The molecule has 2 aromatic rings. The normalized spacial score (nSPS) is 10.3. The van der Waals surface area contributed by atoms with E-state index in [-0.39, 0.29) is 5.78 Å². The average molecular weight is 405 g/mol. The number of ketones is 1. The van der Waals surface area contributed by atoms with Crippen LogP contribution in [0.15, 0.2) is 46.9 Å². The molecule has 0 aromatic heterocycles. The summed E-state index contributed by atoms with van der Waals surface area (Å²) < 4.78 is 14.7. The molecule has 86 valence electrons. The summed E-state index contributed by atoms with van der Waals surface area (Å²) in [4.78, 5) is 12.2. The van der Waals surface area contributed by atoms with Crippen LogP contribution in [0.3, 0.4) is 0 Å². The SMILES string of the molecule is O=C(c1cccc(F)c1)c1cc(Br)ccc1I. The highest BCUT2D eigenvalue weighted by Crippen LogP contribution is 2.21. The molecular formula is C13H7BrFIO. The summed E-state index contributed by atoms with van der Waals surface area (Å²) in [7, 11) is 0. The Morgan fingerprint density at radius 2 is 1.94 bits per heavy atom. The summed E-state index contributed by atoms with van der Waals surface area (Å²) in [6.07, 6.45) is 0. The molecular weight excluding hydrogens is 398 g/mol. The zero-order valence-corrected chi connectivity index (χ0v) is 12.3. The van der Waals surface area contributed by atoms with Gasteiger partial charge in [0.2, 0.25) is 0 Å². The summed E-state index contributed by atoms with van der Waals surface area (Å²) in [6, 6.07) is 11.2. The van der Waals surface area contributed by atoms with Gasteiger partial charge in [0.15, 0.2) is 5.78 Å². The minimum Gasteiger partial charge on any atom is -0.289 e. The Hall–Kier alpha value is -0.750. The fraction of sp³-hybridized carbons (Fsp3) is 0. The van der Waals surface area contributed by atoms with E-state index in [0.29, 0.717) is 11.1 Å². The van der Waals surface area contributed by atoms with E-state index in [0.717, 1.165) is 8.04 Å². The molecule has 1 nitrogen and oxygen atoms in total. The Bertz CT molecular complexity index is 583. The lowest BCUT2D eigenvalue weighted by Crippen LogP contribution is -2.04. The van der Waals surface area contributed by atoms with Gasteiger partial charge in [0, 0.05) is 19.2 Å². The second kappa shape index (κ2) is 5.27. The first-order valence-electron chi connectivity index (χ1n) is 4.83. The van der Waals surface area contributed by atoms with Crippen LogP contribution in [0.1, 0.15) is 15.9 Å². The molecule has 0 unspecified atom stereocenters. The molecule has 0 heterocycles. The van der Waals surface area contributed by atoms with Crippen molar-refractivity contribution in [2.45, 2.75) is 0 Å². The van der Waals surface area contributed by atoms with Crippen LogP contribution in [0.5, 0.6) is 0 Å². The van der Waals surface area contributed by atoms with Crippen molar-refractivity contribution >= 4 is 44.3 Å². The molecule has 0 fully saturated rings. The highest BCUT2D eigenvalue weighted by Gasteiger charge is 2.13. The Balaban J connectivity index is 2.47. The van der Waals surface area contributed by atoms with Gasteiger partial charge < -0.3 is 0 Å². The molecule has 0 atom stereocenters. The number of benzene rings is 2. The number of carbonyl (C=O) groups excluding carboxylic acids is 1. The molecule has 2 aromatic carbocycles. The van der Waals surface area contributed by atoms with Crippen LogP contribution in [0.4, 0.5) is 4.39 Å². The van der Waals surface area contributed by atoms with Crippen molar-refractivity contribution in [3.05, 3.63) is 67.5 Å². The van der Waals surface area contributed by atoms with E-state index in [2.05, 4.69) is 38.5 Å². The standard InChI is InChI=1S/C13H7BrFIO/c14-9-4-5-12(16)11(7-9)13(17)8-2-1-3-10(15)6-8/h1-7H. The monoisotopic (exact) mass is 404 g/mol. The van der Waals surface area contributed by atoms with Gasteiger partial charge in [-0.2, -0.15) is 0 Å². The zero-order chi connectivity index (χ0) is 12.4. The second-order valence-corrected chi connectivity index (χ2v) is 5.54. The third-order valence-corrected chi connectivity index (χ3v) is 3.69. The van der Waals surface area contributed by atoms with E-state index >= 15 is 0 Å². The van der Waals surface area contributed by atoms with Crippen LogP contribution >= 0.6 is 38.5 Å². The number of rotatable bonds is 2. The molecule has 0 radical (unpaired) electrons. The van der Waals surface area contributed by atoms with Crippen molar-refractivity contribution in [2.24, 2.45) is 0 Å². The quantitative estimate of drug-likeness (QED) is 0.534. The molecule has 0 aliphatic heterocycles. The fourth-order valence-corrected chi connectivity index (χ4v) is 2.40. The van der Waals surface area contributed by atoms with Gasteiger partial charge in [-0.05, 0) is 52.9 Å². The van der Waals surface area contributed by atoms with Crippen LogP contribution in [0.2, 0.25) is 0 Å². The molecule has 0 amide bonds. The molecule has 2 rings (SSSR count). The first kappa shape index (κ1) is 12.7. The molecule has 0 saturated carbocycles. The average Bonchev–Trinajstić information content (AvgIpc) is 2.31. The summed E-state index contributed by atoms with van der Waals surface area (Å²) in [5.74, 6) is -0.573. The molecule has 4 heteroatoms. The van der Waals surface area contributed by atoms with E-state index in [9.17, 15) is 9.18 Å². The minimum absolute atomic E-state index is 0.171. The van der Waals surface area contributed by atoms with E-state index in [1.165, 1.54) is 18.2 Å². The molecule has 17 heavy (non-hydrogen) atoms. The summed E-state index contributed by atoms with van der Waals surface area (Å²) in [5, 5.41) is 0. The Morgan fingerprint density at radius 3 is 2.65 bits per heavy atom. The zero-order valence-electron chi connectivity index (χ0n) is 8.58. The Labute approximate surface area is 120 Å². The van der Waals surface area contributed by atoms with Gasteiger partial charge >= 0.3 is 0 Å². The van der Waals surface area contributed by atoms with Crippen molar-refractivity contribution in [2.75, 3.05) is 0 Å². The molecule has 0 saturated heterocycles. The first-order chi connectivity index (χ1) is 8.08. The van der Waals surface area contributed by atoms with E-state index < -0.39 is 5.82 Å². The summed E-state index contributed by atoms with van der Waals surface area (Å²) >= 11 is 5.41. The van der Waals surface area contributed by atoms with Gasteiger partial charge in [-0.1, -0.05) is 28.1 Å². The van der Waals surface area contributed by atoms with Crippen LogP contribution in [-0.2, 0) is 0 Å². The molecule has 0 bridgehead atoms. The van der Waals surface area contributed by atoms with Crippen LogP contribution < -0.4 is 0 Å². The van der Waals surface area contributed by atoms with Gasteiger partial charge in [-0.3, -0.25) is 4.79 Å². The van der Waals surface area contributed by atoms with Gasteiger partial charge in [-0.25, -0.2) is 4.39 Å². The lowest BCUT2D eigenvalue weighted by atomic mass is 10.0. The third kappa shape index (κ3) is 2.93. The fourth-order valence-electron chi connectivity index (χ4n) is 1.46. The molecule has 0 spiro atoms. The lowest BCUT2D eigenvalue weighted by Gasteiger charge is -2.04. The Kier molecular flexibility index (Phi) is 3.93. The topological polar surface area (TPSA) is 17.1 Å². The van der Waals surface area contributed by atoms with Crippen LogP contribution in [0, 0.1) is 9.39 Å². The Morgan fingerprint density at radius 1 is 1.18 bits per heavy atom. The highest BCUT2D eigenvalue weighted by molar-refractivity contribution is 14.1. The number of hydrogen-bond acceptors (Lipinski definition) is 1. The summed E-state index contributed by atoms with van der Waals surface area (Å²) in [6.45, 7) is 0. The first-order valence-corrected chi connectivity index (χ1v) is 6.70. The predicted octanol–water partition coefficient (Wildman–Crippen LogP) is 4.42.